The fourth-order valence-electron chi connectivity index (χ4n) is 0.250. The van der Waals surface area contributed by atoms with Crippen molar-refractivity contribution in [2.75, 3.05) is 0 Å². The van der Waals surface area contributed by atoms with Gasteiger partial charge in [-0.05, 0) is 0 Å². The molecule has 5 heavy (non-hydrogen) atoms. The third-order valence-corrected chi connectivity index (χ3v) is 1.000. The van der Waals surface area contributed by atoms with E-state index >= 15 is 0 Å². The van der Waals surface area contributed by atoms with E-state index in [0.717, 1.165) is 0 Å². The summed E-state index contributed by atoms with van der Waals surface area (Å²) in [6, 6.07) is 0. The molecule has 0 aliphatic heterocycles. The van der Waals surface area contributed by atoms with Crippen molar-refractivity contribution in [3.63, 3.8) is 0 Å². The van der Waals surface area contributed by atoms with Crippen molar-refractivity contribution in [3.05, 3.63) is 0 Å². The van der Waals surface area contributed by atoms with Gasteiger partial charge in [-0.2, -0.15) is 0 Å². The summed E-state index contributed by atoms with van der Waals surface area (Å²) in [5, 5.41) is 0. The van der Waals surface area contributed by atoms with Crippen molar-refractivity contribution >= 4 is 18.0 Å². The van der Waals surface area contributed by atoms with Crippen molar-refractivity contribution in [2.24, 2.45) is 0 Å². The van der Waals surface area contributed by atoms with Crippen LogP contribution in [0.15, 0.2) is 0 Å². The van der Waals surface area contributed by atoms with Crippen LogP contribution in [0.3, 0.4) is 0 Å². The van der Waals surface area contributed by atoms with E-state index in [4.69, 9.17) is 0 Å². The number of hydrogen-bond donors (Lipinski definition) is 0. The van der Waals surface area contributed by atoms with Crippen LogP contribution in [0.5, 0.6) is 0 Å². The molecule has 0 bridgehead atoms. The number of hydrogen-bond acceptors (Lipinski definition) is 0. The molecule has 0 nitrogen and oxygen atoms in total. The first-order chi connectivity index (χ1) is 2.00. The van der Waals surface area contributed by atoms with Gasteiger partial charge in [0.15, 0.2) is 0 Å². The molecule has 1 saturated carbocycles. The average molecular weight is 134 g/mol. The minimum atomic E-state index is 0. The van der Waals surface area contributed by atoms with E-state index in [0.29, 0.717) is 0 Å². The van der Waals surface area contributed by atoms with Crippen molar-refractivity contribution < 1.29 is 0 Å². The summed E-state index contributed by atoms with van der Waals surface area (Å²) in [7, 11) is 0. The van der Waals surface area contributed by atoms with Crippen molar-refractivity contribution in [2.45, 2.75) is 25.7 Å². The zero-order valence-electron chi connectivity index (χ0n) is 3.54. The summed E-state index contributed by atoms with van der Waals surface area (Å²) < 4.78 is 0. The standard InChI is InChI=1S/C4H8.AsH3/c1-2-4-3-1;/h1-4H2;1H3. The van der Waals surface area contributed by atoms with Gasteiger partial charge in [-0.25, -0.2) is 0 Å². The van der Waals surface area contributed by atoms with Crippen LogP contribution < -0.4 is 0 Å². The molecular weight excluding hydrogens is 123 g/mol. The van der Waals surface area contributed by atoms with Crippen LogP contribution in [0.2, 0.25) is 0 Å². The monoisotopic (exact) mass is 134 g/mol. The molecule has 1 aliphatic rings. The first-order valence-corrected chi connectivity index (χ1v) is 2.00. The summed E-state index contributed by atoms with van der Waals surface area (Å²) in [6.07, 6.45) is 6.00. The Labute approximate surface area is 44.3 Å². The molecule has 0 N–H and O–H groups in total. The molecule has 1 aliphatic carbocycles. The molecule has 1 unspecified atom stereocenters. The van der Waals surface area contributed by atoms with Gasteiger partial charge in [0.25, 0.3) is 0 Å². The van der Waals surface area contributed by atoms with Gasteiger partial charge in [0, 0.05) is 0 Å². The molecule has 0 radical (unpaired) electrons. The van der Waals surface area contributed by atoms with E-state index < -0.39 is 0 Å². The van der Waals surface area contributed by atoms with Gasteiger partial charge in [-0.3, -0.25) is 0 Å². The molecule has 1 heteroatoms. The maximum atomic E-state index is 1.50. The van der Waals surface area contributed by atoms with Crippen LogP contribution in [0.1, 0.15) is 25.7 Å². The first kappa shape index (κ1) is 5.56. The molecular formula is C4H11As. The third kappa shape index (κ3) is 1.44. The maximum absolute atomic E-state index is 1.50. The van der Waals surface area contributed by atoms with Crippen molar-refractivity contribution in [1.29, 1.82) is 0 Å². The molecule has 0 aromatic rings. The van der Waals surface area contributed by atoms with Gasteiger partial charge in [0.2, 0.25) is 0 Å². The second kappa shape index (κ2) is 2.78. The Bertz CT molecular complexity index is 11.6. The fourth-order valence-corrected chi connectivity index (χ4v) is 0.250. The van der Waals surface area contributed by atoms with E-state index in [1.807, 2.05) is 0 Å². The summed E-state index contributed by atoms with van der Waals surface area (Å²) in [6.45, 7) is 0. The fraction of sp³-hybridized carbons (Fsp3) is 1.00. The van der Waals surface area contributed by atoms with Crippen LogP contribution in [-0.2, 0) is 0 Å². The molecule has 0 amide bonds. The molecule has 1 atom stereocenters. The number of rotatable bonds is 0. The van der Waals surface area contributed by atoms with Crippen LogP contribution in [0, 0.1) is 0 Å². The van der Waals surface area contributed by atoms with Gasteiger partial charge in [-0.15, -0.1) is 0 Å². The average Bonchev–Trinajstić information content (AvgIpc) is 0.722. The van der Waals surface area contributed by atoms with Gasteiger partial charge in [0.05, 0.1) is 0 Å². The third-order valence-electron chi connectivity index (χ3n) is 1.000. The van der Waals surface area contributed by atoms with Crippen LogP contribution in [-0.4, -0.2) is 18.0 Å². The topological polar surface area (TPSA) is 0 Å². The SMILES string of the molecule is C1CCC1.[AsH3]. The Kier molecular flexibility index (Phi) is 3.09. The Hall–Kier alpha value is 0.558. The Morgan fingerprint density at radius 2 is 0.800 bits per heavy atom. The van der Waals surface area contributed by atoms with E-state index in [1.165, 1.54) is 25.7 Å². The molecule has 0 saturated heterocycles. The van der Waals surface area contributed by atoms with Crippen LogP contribution in [0.25, 0.3) is 0 Å². The summed E-state index contributed by atoms with van der Waals surface area (Å²) in [4.78, 5) is 0. The van der Waals surface area contributed by atoms with E-state index in [9.17, 15) is 0 Å². The Morgan fingerprint density at radius 3 is 0.800 bits per heavy atom. The second-order valence-corrected chi connectivity index (χ2v) is 1.41. The summed E-state index contributed by atoms with van der Waals surface area (Å²) in [5.41, 5.74) is 0. The summed E-state index contributed by atoms with van der Waals surface area (Å²) >= 11 is 0. The van der Waals surface area contributed by atoms with E-state index in [-0.39, 0.29) is 18.0 Å². The van der Waals surface area contributed by atoms with Gasteiger partial charge < -0.3 is 0 Å². The van der Waals surface area contributed by atoms with Crippen LogP contribution >= 0.6 is 0 Å². The zero-order chi connectivity index (χ0) is 2.83. The van der Waals surface area contributed by atoms with E-state index in [1.54, 1.807) is 0 Å². The quantitative estimate of drug-likeness (QED) is 0.420. The Morgan fingerprint density at radius 1 is 0.600 bits per heavy atom. The molecule has 32 valence electrons. The minimum absolute atomic E-state index is 0. The van der Waals surface area contributed by atoms with Crippen molar-refractivity contribution in [1.82, 2.24) is 0 Å². The second-order valence-electron chi connectivity index (χ2n) is 1.41. The predicted molar refractivity (Wildman–Crippen MR) is 28.4 cm³/mol. The first-order valence-electron chi connectivity index (χ1n) is 2.00. The van der Waals surface area contributed by atoms with Gasteiger partial charge >= 0.3 is 18.0 Å². The van der Waals surface area contributed by atoms with Gasteiger partial charge in [-0.1, -0.05) is 25.7 Å². The van der Waals surface area contributed by atoms with Crippen LogP contribution in [0.4, 0.5) is 0 Å². The molecule has 0 aromatic carbocycles. The molecule has 0 aromatic heterocycles. The van der Waals surface area contributed by atoms with Gasteiger partial charge in [0.1, 0.15) is 0 Å². The molecule has 1 rings (SSSR count). The Balaban J connectivity index is 0.000000160. The molecule has 0 heterocycles. The van der Waals surface area contributed by atoms with Crippen molar-refractivity contribution in [3.8, 4) is 0 Å². The normalized spacial score (nSPS) is 19.2. The van der Waals surface area contributed by atoms with E-state index in [2.05, 4.69) is 0 Å². The molecule has 0 spiro atoms. The predicted octanol–water partition coefficient (Wildman–Crippen LogP) is 0.376. The molecule has 1 fully saturated rings. The summed E-state index contributed by atoms with van der Waals surface area (Å²) in [5.74, 6) is 0. The zero-order valence-corrected chi connectivity index (χ0v) is 6.50.